The molecule has 0 amide bonds. The molecule has 1 aromatic heterocycles. The number of rotatable bonds is 2. The van der Waals surface area contributed by atoms with E-state index in [0.29, 0.717) is 0 Å². The van der Waals surface area contributed by atoms with E-state index >= 15 is 0 Å². The quantitative estimate of drug-likeness (QED) is 0.907. The van der Waals surface area contributed by atoms with E-state index < -0.39 is 11.8 Å². The van der Waals surface area contributed by atoms with Gasteiger partial charge in [0.05, 0.1) is 12.5 Å². The van der Waals surface area contributed by atoms with Crippen LogP contribution in [0.5, 0.6) is 0 Å². The smallest absolute Gasteiger partial charge is 0.425 e. The van der Waals surface area contributed by atoms with Gasteiger partial charge in [0.15, 0.2) is 0 Å². The fourth-order valence-electron chi connectivity index (χ4n) is 1.66. The minimum Gasteiger partial charge on any atom is -0.472 e. The van der Waals surface area contributed by atoms with E-state index in [4.69, 9.17) is 11.6 Å². The van der Waals surface area contributed by atoms with Crippen molar-refractivity contribution in [3.05, 3.63) is 59.0 Å². The normalized spacial score (nSPS) is 15.4. The molecule has 2 aromatic rings. The molecule has 0 saturated heterocycles. The summed E-state index contributed by atoms with van der Waals surface area (Å²) in [5.74, 6) is 0. The van der Waals surface area contributed by atoms with Crippen molar-refractivity contribution in [3.8, 4) is 0 Å². The summed E-state index contributed by atoms with van der Waals surface area (Å²) in [5.41, 5.74) is -3.80. The van der Waals surface area contributed by atoms with E-state index in [2.05, 4.69) is 4.42 Å². The van der Waals surface area contributed by atoms with Crippen molar-refractivity contribution >= 4 is 11.6 Å². The molecule has 1 atom stereocenters. The van der Waals surface area contributed by atoms with Crippen LogP contribution in [0, 0.1) is 0 Å². The number of hydrogen-bond acceptors (Lipinski definition) is 2. The summed E-state index contributed by atoms with van der Waals surface area (Å²) in [6.07, 6.45) is -2.94. The van der Waals surface area contributed by atoms with Crippen LogP contribution in [-0.4, -0.2) is 11.3 Å². The van der Waals surface area contributed by atoms with Gasteiger partial charge in [-0.05, 0) is 23.8 Å². The minimum absolute atomic E-state index is 0.287. The second-order valence-corrected chi connectivity index (χ2v) is 4.16. The molecule has 2 nitrogen and oxygen atoms in total. The SMILES string of the molecule is OC(c1ccc(Cl)cc1)(c1ccoc1)C(F)(F)F. The van der Waals surface area contributed by atoms with E-state index in [1.807, 2.05) is 0 Å². The molecule has 0 aliphatic rings. The van der Waals surface area contributed by atoms with Crippen LogP contribution in [-0.2, 0) is 5.60 Å². The first-order valence-electron chi connectivity index (χ1n) is 4.93. The van der Waals surface area contributed by atoms with E-state index in [1.54, 1.807) is 0 Å². The van der Waals surface area contributed by atoms with Gasteiger partial charge in [-0.15, -0.1) is 0 Å². The number of alkyl halides is 3. The third-order valence-electron chi connectivity index (χ3n) is 2.61. The zero-order valence-corrected chi connectivity index (χ0v) is 9.66. The molecular weight excluding hydrogens is 269 g/mol. The zero-order valence-electron chi connectivity index (χ0n) is 8.91. The lowest BCUT2D eigenvalue weighted by Gasteiger charge is -2.30. The van der Waals surface area contributed by atoms with Crippen LogP contribution in [0.15, 0.2) is 47.3 Å². The Bertz CT molecular complexity index is 519. The molecule has 1 heterocycles. The van der Waals surface area contributed by atoms with Crippen LogP contribution in [0.4, 0.5) is 13.2 Å². The number of halogens is 4. The Balaban J connectivity index is 2.60. The van der Waals surface area contributed by atoms with Gasteiger partial charge in [-0.25, -0.2) is 0 Å². The van der Waals surface area contributed by atoms with Gasteiger partial charge in [-0.2, -0.15) is 13.2 Å². The number of furan rings is 1. The summed E-state index contributed by atoms with van der Waals surface area (Å²) in [6.45, 7) is 0. The van der Waals surface area contributed by atoms with Crippen LogP contribution in [0.25, 0.3) is 0 Å². The molecule has 2 rings (SSSR count). The van der Waals surface area contributed by atoms with Gasteiger partial charge in [0.2, 0.25) is 5.60 Å². The van der Waals surface area contributed by atoms with Gasteiger partial charge in [0, 0.05) is 10.6 Å². The Morgan fingerprint density at radius 3 is 2.06 bits per heavy atom. The largest absolute Gasteiger partial charge is 0.472 e. The fraction of sp³-hybridized carbons (Fsp3) is 0.167. The van der Waals surface area contributed by atoms with E-state index in [1.165, 1.54) is 12.1 Å². The summed E-state index contributed by atoms with van der Waals surface area (Å²) in [6, 6.07) is 5.90. The topological polar surface area (TPSA) is 33.4 Å². The Labute approximate surface area is 106 Å². The first-order valence-corrected chi connectivity index (χ1v) is 5.31. The highest BCUT2D eigenvalue weighted by molar-refractivity contribution is 6.30. The van der Waals surface area contributed by atoms with Gasteiger partial charge < -0.3 is 9.52 Å². The molecule has 1 N–H and O–H groups in total. The number of benzene rings is 1. The summed E-state index contributed by atoms with van der Waals surface area (Å²) in [7, 11) is 0. The van der Waals surface area contributed by atoms with E-state index in [-0.39, 0.29) is 16.1 Å². The van der Waals surface area contributed by atoms with E-state index in [9.17, 15) is 18.3 Å². The standard InChI is InChI=1S/C12H8ClF3O2/c13-10-3-1-8(2-4-10)11(17,12(14,15)16)9-5-6-18-7-9/h1-7,17H. The lowest BCUT2D eigenvalue weighted by atomic mass is 9.87. The molecule has 6 heteroatoms. The fourth-order valence-corrected chi connectivity index (χ4v) is 1.78. The first kappa shape index (κ1) is 13.0. The molecule has 0 saturated carbocycles. The minimum atomic E-state index is -4.87. The van der Waals surface area contributed by atoms with Crippen molar-refractivity contribution in [2.24, 2.45) is 0 Å². The molecule has 0 radical (unpaired) electrons. The van der Waals surface area contributed by atoms with Gasteiger partial charge in [0.1, 0.15) is 0 Å². The highest BCUT2D eigenvalue weighted by atomic mass is 35.5. The highest BCUT2D eigenvalue weighted by Gasteiger charge is 2.56. The van der Waals surface area contributed by atoms with Crippen molar-refractivity contribution in [2.75, 3.05) is 0 Å². The van der Waals surface area contributed by atoms with Crippen LogP contribution in [0.1, 0.15) is 11.1 Å². The Morgan fingerprint density at radius 1 is 1.00 bits per heavy atom. The van der Waals surface area contributed by atoms with Crippen molar-refractivity contribution < 1.29 is 22.7 Å². The molecule has 0 spiro atoms. The monoisotopic (exact) mass is 276 g/mol. The third-order valence-corrected chi connectivity index (χ3v) is 2.86. The Hall–Kier alpha value is -1.46. The van der Waals surface area contributed by atoms with Gasteiger partial charge in [-0.3, -0.25) is 0 Å². The molecule has 0 bridgehead atoms. The van der Waals surface area contributed by atoms with Crippen molar-refractivity contribution in [3.63, 3.8) is 0 Å². The lowest BCUT2D eigenvalue weighted by molar-refractivity contribution is -0.248. The van der Waals surface area contributed by atoms with Crippen LogP contribution < -0.4 is 0 Å². The summed E-state index contributed by atoms with van der Waals surface area (Å²) >= 11 is 5.62. The molecule has 18 heavy (non-hydrogen) atoms. The second kappa shape index (κ2) is 4.33. The maximum atomic E-state index is 13.1. The number of aliphatic hydroxyl groups is 1. The molecule has 1 aromatic carbocycles. The summed E-state index contributed by atoms with van der Waals surface area (Å²) < 4.78 is 44.0. The maximum absolute atomic E-state index is 13.1. The molecule has 0 fully saturated rings. The first-order chi connectivity index (χ1) is 8.35. The molecule has 96 valence electrons. The Morgan fingerprint density at radius 2 is 1.61 bits per heavy atom. The van der Waals surface area contributed by atoms with Gasteiger partial charge in [-0.1, -0.05) is 23.7 Å². The number of hydrogen-bond donors (Lipinski definition) is 1. The lowest BCUT2D eigenvalue weighted by Crippen LogP contribution is -2.43. The zero-order chi connectivity index (χ0) is 13.4. The van der Waals surface area contributed by atoms with Crippen molar-refractivity contribution in [1.29, 1.82) is 0 Å². The Kier molecular flexibility index (Phi) is 3.12. The summed E-state index contributed by atoms with van der Waals surface area (Å²) in [5, 5.41) is 10.3. The maximum Gasteiger partial charge on any atom is 0.425 e. The van der Waals surface area contributed by atoms with Gasteiger partial charge in [0.25, 0.3) is 0 Å². The summed E-state index contributed by atoms with van der Waals surface area (Å²) in [4.78, 5) is 0. The molecule has 0 aliphatic carbocycles. The average molecular weight is 277 g/mol. The average Bonchev–Trinajstić information content (AvgIpc) is 2.81. The van der Waals surface area contributed by atoms with Crippen LogP contribution >= 0.6 is 11.6 Å². The highest BCUT2D eigenvalue weighted by Crippen LogP contribution is 2.44. The van der Waals surface area contributed by atoms with Crippen molar-refractivity contribution in [1.82, 2.24) is 0 Å². The molecule has 0 aliphatic heterocycles. The van der Waals surface area contributed by atoms with Gasteiger partial charge >= 0.3 is 6.18 Å². The molecule has 1 unspecified atom stereocenters. The third kappa shape index (κ3) is 2.00. The second-order valence-electron chi connectivity index (χ2n) is 3.73. The van der Waals surface area contributed by atoms with Crippen molar-refractivity contribution in [2.45, 2.75) is 11.8 Å². The predicted molar refractivity (Wildman–Crippen MR) is 59.2 cm³/mol. The van der Waals surface area contributed by atoms with Crippen LogP contribution in [0.2, 0.25) is 5.02 Å². The molecular formula is C12H8ClF3O2. The van der Waals surface area contributed by atoms with E-state index in [0.717, 1.165) is 30.7 Å². The predicted octanol–water partition coefficient (Wildman–Crippen LogP) is 3.73. The van der Waals surface area contributed by atoms with Crippen LogP contribution in [0.3, 0.4) is 0 Å².